The van der Waals surface area contributed by atoms with Gasteiger partial charge in [-0.2, -0.15) is 0 Å². The van der Waals surface area contributed by atoms with Crippen LogP contribution in [0.2, 0.25) is 0 Å². The summed E-state index contributed by atoms with van der Waals surface area (Å²) in [4.78, 5) is 0. The van der Waals surface area contributed by atoms with Gasteiger partial charge in [0.25, 0.3) is 0 Å². The molecule has 2 heteroatoms. The van der Waals surface area contributed by atoms with Crippen LogP contribution >= 0.6 is 11.3 Å². The zero-order valence-corrected chi connectivity index (χ0v) is 61.9. The lowest BCUT2D eigenvalue weighted by atomic mass is 9.69. The normalized spacial score (nSPS) is 13.6. The van der Waals surface area contributed by atoms with Crippen LogP contribution in [0.1, 0.15) is 241 Å². The van der Waals surface area contributed by atoms with Gasteiger partial charge in [0.05, 0.1) is 0 Å². The van der Waals surface area contributed by atoms with Crippen molar-refractivity contribution in [1.29, 1.82) is 0 Å². The van der Waals surface area contributed by atoms with Crippen molar-refractivity contribution in [2.24, 2.45) is 0 Å². The molecular weight excluding hydrogens is 1230 g/mol. The summed E-state index contributed by atoms with van der Waals surface area (Å²) in [6.45, 7) is 14.1. The second-order valence-corrected chi connectivity index (χ2v) is 31.8. The summed E-state index contributed by atoms with van der Waals surface area (Å²) in [5.41, 5.74) is 27.0. The van der Waals surface area contributed by atoms with Gasteiger partial charge in [-0.25, -0.2) is 0 Å². The summed E-state index contributed by atoms with van der Waals surface area (Å²) >= 11 is 1.88. The molecule has 0 N–H and O–H groups in total. The van der Waals surface area contributed by atoms with E-state index in [0.717, 1.165) is 24.0 Å². The minimum absolute atomic E-state index is 0.0233. The Hall–Kier alpha value is -8.04. The lowest BCUT2D eigenvalue weighted by Crippen LogP contribution is -2.25. The van der Waals surface area contributed by atoms with Crippen molar-refractivity contribution < 1.29 is 4.42 Å². The summed E-state index contributed by atoms with van der Waals surface area (Å²) < 4.78 is 9.07. The number of aryl methyl sites for hydroxylation is 2. The molecule has 11 aromatic carbocycles. The smallest absolute Gasteiger partial charge is 0.136 e. The van der Waals surface area contributed by atoms with Gasteiger partial charge in [-0.3, -0.25) is 0 Å². The average Bonchev–Trinajstić information content (AvgIpc) is 1.56. The Morgan fingerprint density at radius 3 is 1.27 bits per heavy atom. The molecule has 0 aliphatic heterocycles. The lowest BCUT2D eigenvalue weighted by Gasteiger charge is -2.33. The maximum Gasteiger partial charge on any atom is 0.136 e. The molecule has 0 bridgehead atoms. The Balaban J connectivity index is 0.901. The van der Waals surface area contributed by atoms with Crippen LogP contribution in [0, 0.1) is 13.8 Å². The Bertz CT molecular complexity index is 5050. The first-order valence-corrected chi connectivity index (χ1v) is 40.4. The fourth-order valence-electron chi connectivity index (χ4n) is 18.7. The SMILES string of the molecule is CCCCCCCCC1(CCCCCCCC)c2cc(C)ccc2-c2ccc(-c3cc(-c4ccc5c(c4)C(CCCCCCCC)(CCCCCCCC)c4cc(-c6cccc7c(C)c8ccccc8cc67)ccc4-5)cc(-c4ccc5sc6cc7oc8ccccc8c7cc6c5c4)c3)cc21. The Morgan fingerprint density at radius 2 is 0.710 bits per heavy atom. The topological polar surface area (TPSA) is 13.1 Å². The van der Waals surface area contributed by atoms with Crippen LogP contribution in [-0.4, -0.2) is 0 Å². The van der Waals surface area contributed by atoms with Crippen molar-refractivity contribution in [1.82, 2.24) is 0 Å². The fraction of sp³-hybridized carbons (Fsp3) is 0.367. The third-order valence-corrected chi connectivity index (χ3v) is 25.2. The van der Waals surface area contributed by atoms with Gasteiger partial charge in [0.2, 0.25) is 0 Å². The summed E-state index contributed by atoms with van der Waals surface area (Å²) in [7, 11) is 0. The van der Waals surface area contributed by atoms with E-state index in [4.69, 9.17) is 4.42 Å². The van der Waals surface area contributed by atoms with Gasteiger partial charge in [-0.1, -0.05) is 309 Å². The highest BCUT2D eigenvalue weighted by Crippen LogP contribution is 2.58. The summed E-state index contributed by atoms with van der Waals surface area (Å²) in [6, 6.07) is 77.5. The van der Waals surface area contributed by atoms with Gasteiger partial charge < -0.3 is 4.42 Å². The van der Waals surface area contributed by atoms with E-state index in [-0.39, 0.29) is 10.8 Å². The number of fused-ring (bicyclic) bond motifs is 14. The van der Waals surface area contributed by atoms with Crippen molar-refractivity contribution in [2.75, 3.05) is 0 Å². The van der Waals surface area contributed by atoms with Gasteiger partial charge in [0.1, 0.15) is 11.2 Å². The van der Waals surface area contributed by atoms with Crippen molar-refractivity contribution in [3.63, 3.8) is 0 Å². The van der Waals surface area contributed by atoms with Gasteiger partial charge in [0, 0.05) is 41.8 Å². The minimum Gasteiger partial charge on any atom is -0.456 e. The Labute approximate surface area is 601 Å². The molecule has 2 aliphatic carbocycles. The third-order valence-electron chi connectivity index (χ3n) is 24.1. The molecular formula is C98H106OS. The van der Waals surface area contributed by atoms with Gasteiger partial charge in [0.15, 0.2) is 0 Å². The first-order valence-electron chi connectivity index (χ1n) is 39.6. The molecule has 15 rings (SSSR count). The summed E-state index contributed by atoms with van der Waals surface area (Å²) in [5, 5.41) is 10.3. The van der Waals surface area contributed by atoms with Crippen LogP contribution in [0.5, 0.6) is 0 Å². The lowest BCUT2D eigenvalue weighted by molar-refractivity contribution is 0.398. The largest absolute Gasteiger partial charge is 0.456 e. The monoisotopic (exact) mass is 1330 g/mol. The van der Waals surface area contributed by atoms with Crippen LogP contribution in [-0.2, 0) is 10.8 Å². The van der Waals surface area contributed by atoms with Crippen LogP contribution in [0.3, 0.4) is 0 Å². The summed E-state index contributed by atoms with van der Waals surface area (Å²) in [6.07, 6.45) is 36.0. The van der Waals surface area contributed by atoms with Gasteiger partial charge >= 0.3 is 0 Å². The second kappa shape index (κ2) is 30.3. The molecule has 0 spiro atoms. The second-order valence-electron chi connectivity index (χ2n) is 30.7. The molecule has 2 aromatic heterocycles. The predicted octanol–water partition coefficient (Wildman–Crippen LogP) is 31.1. The number of thiophene rings is 1. The van der Waals surface area contributed by atoms with Crippen LogP contribution in [0.25, 0.3) is 130 Å². The van der Waals surface area contributed by atoms with E-state index in [2.05, 4.69) is 236 Å². The van der Waals surface area contributed by atoms with Crippen molar-refractivity contribution >= 4 is 75.0 Å². The molecule has 0 radical (unpaired) electrons. The van der Waals surface area contributed by atoms with E-state index in [1.165, 1.54) is 297 Å². The van der Waals surface area contributed by atoms with E-state index in [9.17, 15) is 0 Å². The van der Waals surface area contributed by atoms with E-state index < -0.39 is 0 Å². The molecule has 100 heavy (non-hydrogen) atoms. The van der Waals surface area contributed by atoms with E-state index in [0.29, 0.717) is 0 Å². The predicted molar refractivity (Wildman–Crippen MR) is 437 cm³/mol. The maximum atomic E-state index is 6.49. The first kappa shape index (κ1) is 67.8. The molecule has 0 saturated carbocycles. The van der Waals surface area contributed by atoms with Crippen molar-refractivity contribution in [3.05, 3.63) is 228 Å². The highest BCUT2D eigenvalue weighted by molar-refractivity contribution is 7.25. The standard InChI is InChI=1S/C98H106OS/c1-7-11-15-19-23-31-52-97(53-32-24-20-16-12-8-2)89-56-67(5)42-47-80(89)81-48-43-70(62-90(81)97)75-57-74(69-46-51-95-87(60-69)88-65-86-84-38-29-30-41-93(84)99-94(86)66-96(88)100-95)58-76(59-75)71-44-49-82-83-50-45-73(79-40-35-39-78-68(6)77-37-28-27-36-72(77)61-85(78)79)64-92(83)98(91(82)63-71,54-33-25-21-17-13-9-3)55-34-26-22-18-14-10-4/h27-30,35-51,56-66H,7-26,31-34,52-55H2,1-6H3. The molecule has 1 nitrogen and oxygen atoms in total. The van der Waals surface area contributed by atoms with Crippen LogP contribution < -0.4 is 0 Å². The number of para-hydroxylation sites is 1. The zero-order valence-electron chi connectivity index (χ0n) is 61.1. The molecule has 510 valence electrons. The van der Waals surface area contributed by atoms with Gasteiger partial charge in [-0.05, 0) is 228 Å². The van der Waals surface area contributed by atoms with Crippen molar-refractivity contribution in [2.45, 2.75) is 232 Å². The molecule has 13 aromatic rings. The molecule has 0 atom stereocenters. The van der Waals surface area contributed by atoms with Gasteiger partial charge in [-0.15, -0.1) is 11.3 Å². The highest BCUT2D eigenvalue weighted by Gasteiger charge is 2.44. The number of furan rings is 1. The fourth-order valence-corrected chi connectivity index (χ4v) is 19.8. The highest BCUT2D eigenvalue weighted by atomic mass is 32.1. The zero-order chi connectivity index (χ0) is 68.2. The average molecular weight is 1330 g/mol. The number of hydrogen-bond acceptors (Lipinski definition) is 2. The molecule has 0 amide bonds. The first-order chi connectivity index (χ1) is 49.2. The minimum atomic E-state index is -0.126. The van der Waals surface area contributed by atoms with E-state index in [1.807, 2.05) is 11.3 Å². The molecule has 0 unspecified atom stereocenters. The molecule has 0 saturated heterocycles. The quantitative estimate of drug-likeness (QED) is 0.0303. The number of hydrogen-bond donors (Lipinski definition) is 0. The van der Waals surface area contributed by atoms with Crippen molar-refractivity contribution in [3.8, 4) is 66.8 Å². The van der Waals surface area contributed by atoms with E-state index >= 15 is 0 Å². The maximum absolute atomic E-state index is 6.49. The van der Waals surface area contributed by atoms with Crippen LogP contribution in [0.4, 0.5) is 0 Å². The molecule has 0 fully saturated rings. The number of unbranched alkanes of at least 4 members (excludes halogenated alkanes) is 20. The molecule has 2 aliphatic rings. The van der Waals surface area contributed by atoms with E-state index in [1.54, 1.807) is 22.3 Å². The number of rotatable bonds is 32. The summed E-state index contributed by atoms with van der Waals surface area (Å²) in [5.74, 6) is 0. The Kier molecular flexibility index (Phi) is 20.5. The number of benzene rings is 11. The van der Waals surface area contributed by atoms with Crippen LogP contribution in [0.15, 0.2) is 199 Å². The Morgan fingerprint density at radius 1 is 0.270 bits per heavy atom. The molecule has 2 heterocycles. The third kappa shape index (κ3) is 13.1.